The second-order valence-electron chi connectivity index (χ2n) is 5.86. The number of thiophene rings is 1. The molecule has 0 bridgehead atoms. The van der Waals surface area contributed by atoms with Gasteiger partial charge in [-0.15, -0.1) is 11.3 Å². The van der Waals surface area contributed by atoms with Gasteiger partial charge < -0.3 is 5.32 Å². The first kappa shape index (κ1) is 10.4. The monoisotopic (exact) mass is 233 g/mol. The highest BCUT2D eigenvalue weighted by Crippen LogP contribution is 2.53. The first-order valence-corrected chi connectivity index (χ1v) is 6.99. The Hall–Kier alpha value is -0.760. The van der Waals surface area contributed by atoms with Crippen LogP contribution in [0.25, 0.3) is 5.70 Å². The van der Waals surface area contributed by atoms with Crippen molar-refractivity contribution in [3.05, 3.63) is 28.0 Å². The molecule has 2 aliphatic rings. The molecule has 1 fully saturated rings. The largest absolute Gasteiger partial charge is 0.377 e. The molecule has 86 valence electrons. The van der Waals surface area contributed by atoms with Crippen molar-refractivity contribution in [2.75, 3.05) is 0 Å². The molecule has 1 aromatic rings. The third-order valence-electron chi connectivity index (χ3n) is 3.97. The van der Waals surface area contributed by atoms with Gasteiger partial charge in [-0.2, -0.15) is 0 Å². The lowest BCUT2D eigenvalue weighted by Crippen LogP contribution is -2.38. The Morgan fingerprint density at radius 2 is 2.19 bits per heavy atom. The molecule has 2 heteroatoms. The van der Waals surface area contributed by atoms with Crippen LogP contribution in [-0.2, 0) is 0 Å². The molecular formula is C14H19NS. The van der Waals surface area contributed by atoms with Crippen molar-refractivity contribution in [1.82, 2.24) is 5.32 Å². The van der Waals surface area contributed by atoms with Crippen LogP contribution in [0.15, 0.2) is 17.5 Å². The molecule has 1 aromatic heterocycles. The summed E-state index contributed by atoms with van der Waals surface area (Å²) in [6, 6.07) is 2.85. The SMILES string of the molecule is C/C=C1\N[C@H](C2CC(C)(C)C2)c2sccc21. The van der Waals surface area contributed by atoms with Crippen LogP contribution in [0, 0.1) is 11.3 Å². The molecule has 2 heterocycles. The van der Waals surface area contributed by atoms with Crippen LogP contribution < -0.4 is 5.32 Å². The molecule has 1 aliphatic carbocycles. The fraction of sp³-hybridized carbons (Fsp3) is 0.571. The smallest absolute Gasteiger partial charge is 0.0642 e. The number of fused-ring (bicyclic) bond motifs is 1. The zero-order chi connectivity index (χ0) is 11.3. The molecule has 0 radical (unpaired) electrons. The maximum atomic E-state index is 3.70. The van der Waals surface area contributed by atoms with E-state index >= 15 is 0 Å². The lowest BCUT2D eigenvalue weighted by Gasteiger charge is -2.45. The van der Waals surface area contributed by atoms with E-state index in [4.69, 9.17) is 0 Å². The molecule has 1 saturated carbocycles. The Bertz CT molecular complexity index is 433. The van der Waals surface area contributed by atoms with Gasteiger partial charge in [0.05, 0.1) is 6.04 Å². The number of rotatable bonds is 1. The second-order valence-corrected chi connectivity index (χ2v) is 6.80. The zero-order valence-corrected chi connectivity index (χ0v) is 11.0. The van der Waals surface area contributed by atoms with Crippen LogP contribution in [0.3, 0.4) is 0 Å². The summed E-state index contributed by atoms with van der Waals surface area (Å²) in [4.78, 5) is 1.56. The van der Waals surface area contributed by atoms with Gasteiger partial charge in [-0.3, -0.25) is 0 Å². The van der Waals surface area contributed by atoms with E-state index in [0.717, 1.165) is 5.92 Å². The Labute approximate surface area is 102 Å². The third kappa shape index (κ3) is 1.43. The fourth-order valence-electron chi connectivity index (χ4n) is 3.26. The highest BCUT2D eigenvalue weighted by molar-refractivity contribution is 7.10. The number of allylic oxidation sites excluding steroid dienone is 1. The van der Waals surface area contributed by atoms with Crippen molar-refractivity contribution in [1.29, 1.82) is 0 Å². The van der Waals surface area contributed by atoms with E-state index in [1.165, 1.54) is 24.1 Å². The Morgan fingerprint density at radius 3 is 2.81 bits per heavy atom. The minimum Gasteiger partial charge on any atom is -0.377 e. The summed E-state index contributed by atoms with van der Waals surface area (Å²) in [5.74, 6) is 0.838. The van der Waals surface area contributed by atoms with Gasteiger partial charge in [-0.05, 0) is 42.5 Å². The van der Waals surface area contributed by atoms with Crippen LogP contribution in [0.5, 0.6) is 0 Å². The van der Waals surface area contributed by atoms with E-state index < -0.39 is 0 Å². The van der Waals surface area contributed by atoms with Crippen molar-refractivity contribution in [3.8, 4) is 0 Å². The molecule has 0 spiro atoms. The summed E-state index contributed by atoms with van der Waals surface area (Å²) in [5, 5.41) is 5.93. The Morgan fingerprint density at radius 1 is 1.44 bits per heavy atom. The molecule has 1 nitrogen and oxygen atoms in total. The summed E-state index contributed by atoms with van der Waals surface area (Å²) < 4.78 is 0. The van der Waals surface area contributed by atoms with Gasteiger partial charge in [0.2, 0.25) is 0 Å². The van der Waals surface area contributed by atoms with E-state index in [2.05, 4.69) is 43.6 Å². The van der Waals surface area contributed by atoms with Crippen molar-refractivity contribution in [3.63, 3.8) is 0 Å². The lowest BCUT2D eigenvalue weighted by atomic mass is 9.62. The normalized spacial score (nSPS) is 29.9. The average molecular weight is 233 g/mol. The number of nitrogens with one attached hydrogen (secondary N) is 1. The Balaban J connectivity index is 1.86. The van der Waals surface area contributed by atoms with Gasteiger partial charge in [0.15, 0.2) is 0 Å². The van der Waals surface area contributed by atoms with Gasteiger partial charge in [-0.25, -0.2) is 0 Å². The minimum atomic E-state index is 0.572. The van der Waals surface area contributed by atoms with Crippen LogP contribution >= 0.6 is 11.3 Å². The van der Waals surface area contributed by atoms with E-state index in [1.807, 2.05) is 11.3 Å². The van der Waals surface area contributed by atoms with Crippen molar-refractivity contribution < 1.29 is 0 Å². The van der Waals surface area contributed by atoms with Gasteiger partial charge in [0.25, 0.3) is 0 Å². The predicted molar refractivity (Wildman–Crippen MR) is 70.4 cm³/mol. The molecule has 3 rings (SSSR count). The van der Waals surface area contributed by atoms with Crippen LogP contribution in [0.1, 0.15) is 50.1 Å². The van der Waals surface area contributed by atoms with Gasteiger partial charge >= 0.3 is 0 Å². The summed E-state index contributed by atoms with van der Waals surface area (Å²) in [6.07, 6.45) is 4.92. The van der Waals surface area contributed by atoms with E-state index in [1.54, 1.807) is 4.88 Å². The quantitative estimate of drug-likeness (QED) is 0.767. The molecule has 0 saturated heterocycles. The summed E-state index contributed by atoms with van der Waals surface area (Å²) >= 11 is 1.91. The number of hydrogen-bond donors (Lipinski definition) is 1. The summed E-state index contributed by atoms with van der Waals surface area (Å²) in [7, 11) is 0. The van der Waals surface area contributed by atoms with Gasteiger partial charge in [0, 0.05) is 16.1 Å². The first-order valence-electron chi connectivity index (χ1n) is 6.11. The molecular weight excluding hydrogens is 214 g/mol. The molecule has 1 atom stereocenters. The maximum Gasteiger partial charge on any atom is 0.0642 e. The highest BCUT2D eigenvalue weighted by atomic mass is 32.1. The van der Waals surface area contributed by atoms with E-state index in [0.29, 0.717) is 11.5 Å². The Kier molecular flexibility index (Phi) is 2.19. The maximum absolute atomic E-state index is 3.70. The molecule has 0 aromatic carbocycles. The summed E-state index contributed by atoms with van der Waals surface area (Å²) in [6.45, 7) is 6.88. The first-order chi connectivity index (χ1) is 7.61. The molecule has 1 N–H and O–H groups in total. The van der Waals surface area contributed by atoms with E-state index in [-0.39, 0.29) is 0 Å². The highest BCUT2D eigenvalue weighted by Gasteiger charge is 2.44. The standard InChI is InChI=1S/C14H19NS/c1-4-11-10-5-6-16-13(10)12(15-11)9-7-14(2,3)8-9/h4-6,9,12,15H,7-8H2,1-3H3/b11-4-/t12-/m1/s1. The topological polar surface area (TPSA) is 12.0 Å². The van der Waals surface area contributed by atoms with Gasteiger partial charge in [0.1, 0.15) is 0 Å². The molecule has 0 unspecified atom stereocenters. The van der Waals surface area contributed by atoms with Crippen molar-refractivity contribution in [2.24, 2.45) is 11.3 Å². The predicted octanol–water partition coefficient (Wildman–Crippen LogP) is 4.19. The fourth-order valence-corrected chi connectivity index (χ4v) is 4.32. The summed E-state index contributed by atoms with van der Waals surface area (Å²) in [5.41, 5.74) is 3.36. The van der Waals surface area contributed by atoms with Crippen LogP contribution in [0.2, 0.25) is 0 Å². The second kappa shape index (κ2) is 3.36. The molecule has 16 heavy (non-hydrogen) atoms. The van der Waals surface area contributed by atoms with Gasteiger partial charge in [-0.1, -0.05) is 19.9 Å². The third-order valence-corrected chi connectivity index (χ3v) is 4.97. The number of hydrogen-bond acceptors (Lipinski definition) is 2. The van der Waals surface area contributed by atoms with Crippen molar-refractivity contribution >= 4 is 17.0 Å². The molecule has 1 aliphatic heterocycles. The minimum absolute atomic E-state index is 0.572. The van der Waals surface area contributed by atoms with E-state index in [9.17, 15) is 0 Å². The van der Waals surface area contributed by atoms with Crippen molar-refractivity contribution in [2.45, 2.75) is 39.7 Å². The van der Waals surface area contributed by atoms with Crippen LogP contribution in [-0.4, -0.2) is 0 Å². The van der Waals surface area contributed by atoms with Crippen LogP contribution in [0.4, 0.5) is 0 Å². The zero-order valence-electron chi connectivity index (χ0n) is 10.2. The molecule has 0 amide bonds. The lowest BCUT2D eigenvalue weighted by molar-refractivity contribution is 0.0719. The average Bonchev–Trinajstić information content (AvgIpc) is 2.73.